The largest absolute Gasteiger partial charge is 0.397 e. The first-order chi connectivity index (χ1) is 27.1. The van der Waals surface area contributed by atoms with Crippen molar-refractivity contribution in [3.05, 3.63) is 78.3 Å². The third-order valence-electron chi connectivity index (χ3n) is 9.16. The summed E-state index contributed by atoms with van der Waals surface area (Å²) >= 11 is 1.57. The fourth-order valence-corrected chi connectivity index (χ4v) is 7.71. The first-order valence-electron chi connectivity index (χ1n) is 19.4. The van der Waals surface area contributed by atoms with Gasteiger partial charge in [0.15, 0.2) is 0 Å². The van der Waals surface area contributed by atoms with Crippen LogP contribution in [0.1, 0.15) is 96.8 Å². The second kappa shape index (κ2) is 23.6. The van der Waals surface area contributed by atoms with E-state index in [4.69, 9.17) is 15.4 Å². The van der Waals surface area contributed by atoms with Gasteiger partial charge in [0.1, 0.15) is 11.6 Å². The van der Waals surface area contributed by atoms with Crippen LogP contribution in [0.2, 0.25) is 0 Å². The third-order valence-corrected chi connectivity index (χ3v) is 10.6. The number of fused-ring (bicyclic) bond motifs is 1. The number of carbonyl (C=O) groups excluding carboxylic acids is 1. The number of nitrogen functional groups attached to an aromatic ring is 1. The molecule has 3 heterocycles. The van der Waals surface area contributed by atoms with Gasteiger partial charge in [0, 0.05) is 50.5 Å². The Labute approximate surface area is 333 Å². The van der Waals surface area contributed by atoms with Gasteiger partial charge in [-0.15, -0.1) is 11.3 Å². The van der Waals surface area contributed by atoms with Crippen molar-refractivity contribution in [2.75, 3.05) is 29.6 Å². The van der Waals surface area contributed by atoms with Gasteiger partial charge >= 0.3 is 16.4 Å². The molecule has 0 aliphatic rings. The molecule has 0 spiro atoms. The molecule has 0 radical (unpaired) electrons. The smallest absolute Gasteiger partial charge is 0.394 e. The molecule has 5 aromatic rings. The summed E-state index contributed by atoms with van der Waals surface area (Å²) in [5, 5.41) is 21.7. The van der Waals surface area contributed by atoms with E-state index in [0.29, 0.717) is 30.2 Å². The van der Waals surface area contributed by atoms with Gasteiger partial charge in [-0.3, -0.25) is 9.23 Å². The number of urea groups is 1. The second-order valence-electron chi connectivity index (χ2n) is 13.6. The molecule has 6 N–H and O–H groups in total. The van der Waals surface area contributed by atoms with E-state index in [9.17, 15) is 17.6 Å². The molecule has 3 aromatic heterocycles. The molecule has 56 heavy (non-hydrogen) atoms. The van der Waals surface area contributed by atoms with Crippen molar-refractivity contribution in [2.24, 2.45) is 0 Å². The number of nitrogens with two attached hydrogens (primary N) is 1. The Hall–Kier alpha value is -4.41. The van der Waals surface area contributed by atoms with Gasteiger partial charge in [-0.1, -0.05) is 109 Å². The van der Waals surface area contributed by atoms with E-state index in [1.165, 1.54) is 88.8 Å². The summed E-state index contributed by atoms with van der Waals surface area (Å²) in [7, 11) is -4.24. The van der Waals surface area contributed by atoms with Crippen molar-refractivity contribution in [3.63, 3.8) is 0 Å². The lowest BCUT2D eigenvalue weighted by molar-refractivity contribution is 0.260. The van der Waals surface area contributed by atoms with Crippen LogP contribution in [0.15, 0.2) is 72.5 Å². The molecule has 0 bridgehead atoms. The number of hydrogen-bond donors (Lipinski definition) is 5. The third kappa shape index (κ3) is 15.3. The Kier molecular flexibility index (Phi) is 18.7. The van der Waals surface area contributed by atoms with Gasteiger partial charge in [-0.2, -0.15) is 13.5 Å². The maximum atomic E-state index is 13.3. The van der Waals surface area contributed by atoms with Gasteiger partial charge in [-0.25, -0.2) is 18.4 Å². The van der Waals surface area contributed by atoms with Crippen LogP contribution >= 0.6 is 11.3 Å². The zero-order valence-corrected chi connectivity index (χ0v) is 33.7. The number of unbranched alkanes of at least 4 members (excludes halogenated alkanes) is 13. The highest BCUT2D eigenvalue weighted by atomic mass is 32.3. The van der Waals surface area contributed by atoms with Crippen molar-refractivity contribution in [1.29, 1.82) is 0 Å². The number of aromatic nitrogens is 3. The average molecular weight is 811 g/mol. The van der Waals surface area contributed by atoms with E-state index in [1.807, 2.05) is 23.7 Å². The Morgan fingerprint density at radius 2 is 1.48 bits per heavy atom. The molecular formula is C41H55FN6O6S2. The van der Waals surface area contributed by atoms with Crippen LogP contribution in [-0.2, 0) is 21.1 Å². The minimum Gasteiger partial charge on any atom is -0.394 e. The van der Waals surface area contributed by atoms with Crippen LogP contribution in [-0.4, -0.2) is 52.1 Å². The highest BCUT2D eigenvalue weighted by molar-refractivity contribution is 7.80. The summed E-state index contributed by atoms with van der Waals surface area (Å²) in [5.74, 6) is 0.00507. The van der Waals surface area contributed by atoms with E-state index in [2.05, 4.69) is 31.8 Å². The van der Waals surface area contributed by atoms with Gasteiger partial charge < -0.3 is 21.5 Å². The predicted octanol–water partition coefficient (Wildman–Crippen LogP) is 10.5. The molecule has 0 unspecified atom stereocenters. The van der Waals surface area contributed by atoms with Gasteiger partial charge in [0.05, 0.1) is 26.0 Å². The van der Waals surface area contributed by atoms with Crippen molar-refractivity contribution >= 4 is 55.0 Å². The minimum absolute atomic E-state index is 0.0109. The number of pyridine rings is 1. The molecule has 0 saturated carbocycles. The number of aliphatic hydroxyl groups excluding tert-OH is 1. The molecule has 15 heteroatoms. The Morgan fingerprint density at radius 1 is 0.857 bits per heavy atom. The fraction of sp³-hybridized carbons (Fsp3) is 0.439. The maximum absolute atomic E-state index is 13.3. The summed E-state index contributed by atoms with van der Waals surface area (Å²) in [6.07, 6.45) is 22.9. The van der Waals surface area contributed by atoms with Gasteiger partial charge in [0.25, 0.3) is 0 Å². The number of thiophene rings is 1. The molecule has 0 saturated heterocycles. The van der Waals surface area contributed by atoms with E-state index >= 15 is 0 Å². The van der Waals surface area contributed by atoms with Crippen LogP contribution < -0.4 is 16.4 Å². The van der Waals surface area contributed by atoms with E-state index in [1.54, 1.807) is 46.6 Å². The molecule has 0 fully saturated rings. The number of halogens is 1. The summed E-state index contributed by atoms with van der Waals surface area (Å²) in [4.78, 5) is 16.7. The van der Waals surface area contributed by atoms with E-state index in [-0.39, 0.29) is 13.2 Å². The predicted molar refractivity (Wildman–Crippen MR) is 225 cm³/mol. The molecule has 0 aliphatic carbocycles. The molecule has 304 valence electrons. The zero-order valence-electron chi connectivity index (χ0n) is 32.1. The van der Waals surface area contributed by atoms with Gasteiger partial charge in [0.2, 0.25) is 0 Å². The summed E-state index contributed by atoms with van der Waals surface area (Å²) in [5.41, 5.74) is 10.9. The van der Waals surface area contributed by atoms with Crippen molar-refractivity contribution in [2.45, 2.75) is 103 Å². The number of anilines is 3. The van der Waals surface area contributed by atoms with Crippen molar-refractivity contribution < 1.29 is 31.4 Å². The normalized spacial score (nSPS) is 11.4. The Morgan fingerprint density at radius 3 is 2.09 bits per heavy atom. The highest BCUT2D eigenvalue weighted by Gasteiger charge is 2.16. The number of carbonyl (C=O) groups is 1. The average Bonchev–Trinajstić information content (AvgIpc) is 3.82. The maximum Gasteiger partial charge on any atom is 0.397 e. The lowest BCUT2D eigenvalue weighted by Crippen LogP contribution is -2.19. The molecular weight excluding hydrogens is 756 g/mol. The highest BCUT2D eigenvalue weighted by Crippen LogP contribution is 2.41. The number of amides is 2. The number of aliphatic hydroxyl groups is 1. The summed E-state index contributed by atoms with van der Waals surface area (Å²) < 4.78 is 49.2. The SMILES string of the molecule is CCCCCCCCCCCCCCCCOS(=O)(=O)O.Nc1ncc(-c2cnn(CCO)c2)c2scc(-c3ccc(NC(=O)Nc4cccc(F)c4)cc3)c12. The van der Waals surface area contributed by atoms with Crippen LogP contribution in [0.3, 0.4) is 0 Å². The van der Waals surface area contributed by atoms with Crippen LogP contribution in [0.4, 0.5) is 26.4 Å². The Balaban J connectivity index is 0.000000287. The van der Waals surface area contributed by atoms with Gasteiger partial charge in [-0.05, 0) is 47.7 Å². The lowest BCUT2D eigenvalue weighted by atomic mass is 10.0. The molecule has 2 aromatic carbocycles. The molecule has 0 atom stereocenters. The van der Waals surface area contributed by atoms with Crippen molar-refractivity contribution in [3.8, 4) is 22.3 Å². The van der Waals surface area contributed by atoms with Crippen LogP contribution in [0.5, 0.6) is 0 Å². The van der Waals surface area contributed by atoms with Crippen molar-refractivity contribution in [1.82, 2.24) is 14.8 Å². The molecule has 12 nitrogen and oxygen atoms in total. The number of nitrogens with zero attached hydrogens (tertiary/aromatic N) is 3. The number of nitrogens with one attached hydrogen (secondary N) is 2. The monoisotopic (exact) mass is 810 g/mol. The molecule has 5 rings (SSSR count). The summed E-state index contributed by atoms with van der Waals surface area (Å²) in [6.45, 7) is 2.78. The molecule has 2 amide bonds. The van der Waals surface area contributed by atoms with E-state index < -0.39 is 22.2 Å². The fourth-order valence-electron chi connectivity index (χ4n) is 6.27. The van der Waals surface area contributed by atoms with E-state index in [0.717, 1.165) is 45.2 Å². The second-order valence-corrected chi connectivity index (χ2v) is 15.6. The quantitative estimate of drug-likeness (QED) is 0.0336. The minimum atomic E-state index is -4.24. The van der Waals surface area contributed by atoms with Crippen LogP contribution in [0.25, 0.3) is 32.3 Å². The zero-order chi connectivity index (χ0) is 40.2. The lowest BCUT2D eigenvalue weighted by Gasteiger charge is -2.09. The summed E-state index contributed by atoms with van der Waals surface area (Å²) in [6, 6.07) is 12.6. The first kappa shape index (κ1) is 44.3. The number of rotatable bonds is 22. The number of benzene rings is 2. The standard InChI is InChI=1S/C25H21FN6O2S.C16H34O4S/c26-17-2-1-3-19(10-17)31-25(34)30-18-6-4-15(5-7-18)21-14-35-23-20(12-28-24(27)22(21)23)16-11-29-32(13-16)8-9-33;1-2-3-4-5-6-7-8-9-10-11-12-13-14-15-16-20-21(17,18)19/h1-7,10-14,33H,8-9H2,(H2,27,28)(H2,30,31,34);2-16H2,1H3,(H,17,18,19). The Bertz CT molecular complexity index is 2040. The molecule has 0 aliphatic heterocycles. The topological polar surface area (TPSA) is 182 Å². The first-order valence-corrected chi connectivity index (χ1v) is 21.7. The van der Waals surface area contributed by atoms with Crippen LogP contribution in [0, 0.1) is 5.82 Å². The number of hydrogen-bond acceptors (Lipinski definition) is 9.